The molecule has 3 fully saturated rings. The van der Waals surface area contributed by atoms with Gasteiger partial charge >= 0.3 is 0 Å². The van der Waals surface area contributed by atoms with Gasteiger partial charge < -0.3 is 14.2 Å². The summed E-state index contributed by atoms with van der Waals surface area (Å²) in [5.41, 5.74) is 0. The molecule has 3 aliphatic rings. The molecule has 22 heavy (non-hydrogen) atoms. The molecule has 0 radical (unpaired) electrons. The van der Waals surface area contributed by atoms with Crippen LogP contribution in [0.25, 0.3) is 0 Å². The first-order valence-corrected chi connectivity index (χ1v) is 9.62. The topological polar surface area (TPSA) is 77.1 Å². The minimum atomic E-state index is -0.657. The van der Waals surface area contributed by atoms with Gasteiger partial charge in [0.25, 0.3) is 8.37 Å². The quantitative estimate of drug-likeness (QED) is 0.272. The molecule has 9 nitrogen and oxygen atoms in total. The lowest BCUT2D eigenvalue weighted by molar-refractivity contribution is -0.960. The van der Waals surface area contributed by atoms with Crippen molar-refractivity contribution in [1.29, 1.82) is 0 Å². The monoisotopic (exact) mass is 337 g/mol. The molecular formula is C12H30N6O3P+3. The van der Waals surface area contributed by atoms with E-state index in [9.17, 15) is 0 Å². The van der Waals surface area contributed by atoms with Gasteiger partial charge in [-0.05, 0) is 0 Å². The Hall–Kier alpha value is 0.0700. The number of quaternary nitrogens is 3. The number of ether oxygens (including phenoxy) is 3. The first-order chi connectivity index (χ1) is 10.9. The molecule has 0 amide bonds. The van der Waals surface area contributed by atoms with E-state index in [1.165, 1.54) is 15.0 Å². The number of hydrogen-bond donors (Lipinski definition) is 6. The second kappa shape index (κ2) is 9.39. The summed E-state index contributed by atoms with van der Waals surface area (Å²) in [6, 6.07) is 0. The van der Waals surface area contributed by atoms with Crippen LogP contribution in [0.2, 0.25) is 0 Å². The van der Waals surface area contributed by atoms with E-state index in [4.69, 9.17) is 14.2 Å². The molecule has 0 saturated carbocycles. The average molecular weight is 337 g/mol. The maximum atomic E-state index is 5.44. The van der Waals surface area contributed by atoms with Crippen LogP contribution < -0.4 is 30.6 Å². The smallest absolute Gasteiger partial charge is 0.266 e. The number of nitrogens with one attached hydrogen (secondary N) is 6. The first-order valence-electron chi connectivity index (χ1n) is 8.27. The first kappa shape index (κ1) is 16.9. The molecule has 3 heterocycles. The van der Waals surface area contributed by atoms with Crippen molar-refractivity contribution in [2.45, 2.75) is 0 Å². The molecule has 3 aliphatic heterocycles. The molecule has 3 saturated heterocycles. The minimum absolute atomic E-state index is 0.657. The van der Waals surface area contributed by atoms with Gasteiger partial charge in [0.15, 0.2) is 0 Å². The van der Waals surface area contributed by atoms with E-state index >= 15 is 0 Å². The van der Waals surface area contributed by atoms with Crippen molar-refractivity contribution in [3.8, 4) is 0 Å². The molecule has 10 heteroatoms. The van der Waals surface area contributed by atoms with Gasteiger partial charge in [-0.25, -0.2) is 15.0 Å². The largest absolute Gasteiger partial charge is 0.370 e. The van der Waals surface area contributed by atoms with Crippen LogP contribution in [0, 0.1) is 0 Å². The highest BCUT2D eigenvalue weighted by Crippen LogP contribution is 2.10. The zero-order valence-corrected chi connectivity index (χ0v) is 14.1. The third-order valence-electron chi connectivity index (χ3n) is 4.10. The van der Waals surface area contributed by atoms with E-state index in [2.05, 4.69) is 15.6 Å². The van der Waals surface area contributed by atoms with Crippen LogP contribution in [0.1, 0.15) is 0 Å². The molecule has 0 aliphatic carbocycles. The molecule has 0 aromatic carbocycles. The van der Waals surface area contributed by atoms with Crippen LogP contribution >= 0.6 is 8.37 Å². The molecule has 0 aromatic heterocycles. The minimum Gasteiger partial charge on any atom is -0.370 e. The molecule has 0 atom stereocenters. The van der Waals surface area contributed by atoms with Gasteiger partial charge in [0.1, 0.15) is 39.3 Å². The number of hydrogen-bond acceptors (Lipinski definition) is 6. The molecule has 0 spiro atoms. The molecule has 6 N–H and O–H groups in total. The second-order valence-electron chi connectivity index (χ2n) is 5.82. The summed E-state index contributed by atoms with van der Waals surface area (Å²) in [4.78, 5) is 0. The Morgan fingerprint density at radius 1 is 0.500 bits per heavy atom. The molecular weight excluding hydrogens is 307 g/mol. The SMILES string of the molecule is C1C[NH+](NP(N[NH+]2CCOCC2)N[NH+]2CCOCC2)CCO1. The number of rotatable bonds is 6. The highest BCUT2D eigenvalue weighted by Gasteiger charge is 2.29. The normalized spacial score (nSPS) is 26.6. The summed E-state index contributed by atoms with van der Waals surface area (Å²) < 4.78 is 16.3. The Morgan fingerprint density at radius 3 is 1.05 bits per heavy atom. The number of morpholine rings is 3. The highest BCUT2D eigenvalue weighted by molar-refractivity contribution is 7.50. The van der Waals surface area contributed by atoms with Crippen molar-refractivity contribution < 1.29 is 29.2 Å². The zero-order valence-electron chi connectivity index (χ0n) is 13.2. The average Bonchev–Trinajstić information content (AvgIpc) is 2.57. The van der Waals surface area contributed by atoms with Crippen LogP contribution in [0.5, 0.6) is 0 Å². The Bertz CT molecular complexity index is 264. The summed E-state index contributed by atoms with van der Waals surface area (Å²) in [7, 11) is -0.657. The van der Waals surface area contributed by atoms with Crippen molar-refractivity contribution >= 4 is 8.37 Å². The fraction of sp³-hybridized carbons (Fsp3) is 1.00. The predicted molar refractivity (Wildman–Crippen MR) is 80.9 cm³/mol. The highest BCUT2D eigenvalue weighted by atomic mass is 31.1. The Balaban J connectivity index is 1.50. The molecule has 0 aromatic rings. The third-order valence-corrected chi connectivity index (χ3v) is 5.72. The Morgan fingerprint density at radius 2 is 0.773 bits per heavy atom. The maximum Gasteiger partial charge on any atom is 0.266 e. The van der Waals surface area contributed by atoms with Crippen LogP contribution in [-0.4, -0.2) is 78.9 Å². The summed E-state index contributed by atoms with van der Waals surface area (Å²) in [6.07, 6.45) is 0. The Labute approximate surface area is 133 Å². The lowest BCUT2D eigenvalue weighted by Crippen LogP contribution is -3.26. The van der Waals surface area contributed by atoms with Gasteiger partial charge in [-0.2, -0.15) is 0 Å². The summed E-state index contributed by atoms with van der Waals surface area (Å²) >= 11 is 0. The summed E-state index contributed by atoms with van der Waals surface area (Å²) in [5, 5.41) is 15.3. The van der Waals surface area contributed by atoms with E-state index in [1.54, 1.807) is 0 Å². The van der Waals surface area contributed by atoms with Gasteiger partial charge in [0, 0.05) is 0 Å². The van der Waals surface area contributed by atoms with E-state index in [0.29, 0.717) is 0 Å². The Kier molecular flexibility index (Phi) is 7.22. The van der Waals surface area contributed by atoms with Gasteiger partial charge in [-0.1, -0.05) is 0 Å². The predicted octanol–water partition coefficient (Wildman–Crippen LogP) is -5.53. The molecule has 128 valence electrons. The van der Waals surface area contributed by atoms with E-state index in [-0.39, 0.29) is 0 Å². The van der Waals surface area contributed by atoms with Gasteiger partial charge in [-0.15, -0.1) is 15.6 Å². The molecule has 0 bridgehead atoms. The van der Waals surface area contributed by atoms with Crippen LogP contribution in [0.15, 0.2) is 0 Å². The van der Waals surface area contributed by atoms with Crippen molar-refractivity contribution in [2.75, 3.05) is 78.9 Å². The third kappa shape index (κ3) is 5.61. The van der Waals surface area contributed by atoms with Gasteiger partial charge in [-0.3, -0.25) is 0 Å². The van der Waals surface area contributed by atoms with Gasteiger partial charge in [0.05, 0.1) is 39.6 Å². The lowest BCUT2D eigenvalue weighted by Gasteiger charge is -2.33. The molecule has 3 rings (SSSR count). The van der Waals surface area contributed by atoms with E-state index < -0.39 is 8.37 Å². The maximum absolute atomic E-state index is 5.44. The fourth-order valence-electron chi connectivity index (χ4n) is 2.75. The van der Waals surface area contributed by atoms with Crippen LogP contribution in [0.3, 0.4) is 0 Å². The fourth-order valence-corrected chi connectivity index (χ4v) is 4.53. The van der Waals surface area contributed by atoms with E-state index in [0.717, 1.165) is 78.9 Å². The standard InChI is InChI=1S/C12H27N6O3P/c1-7-19-8-2-16(1)13-22(14-17-3-9-20-10-4-17)15-18-5-11-21-12-6-18/h13-15H,1-12H2/p+3. The van der Waals surface area contributed by atoms with Gasteiger partial charge in [0.2, 0.25) is 0 Å². The van der Waals surface area contributed by atoms with Crippen LogP contribution in [0.4, 0.5) is 0 Å². The van der Waals surface area contributed by atoms with Crippen LogP contribution in [-0.2, 0) is 14.2 Å². The van der Waals surface area contributed by atoms with E-state index in [1.807, 2.05) is 0 Å². The summed E-state index contributed by atoms with van der Waals surface area (Å²) in [5.74, 6) is 0. The van der Waals surface area contributed by atoms with Crippen molar-refractivity contribution in [1.82, 2.24) is 15.6 Å². The van der Waals surface area contributed by atoms with Crippen molar-refractivity contribution in [3.05, 3.63) is 0 Å². The second-order valence-corrected chi connectivity index (χ2v) is 7.16. The zero-order chi connectivity index (χ0) is 15.0. The summed E-state index contributed by atoms with van der Waals surface area (Å²) in [6.45, 7) is 11.1. The van der Waals surface area contributed by atoms with Crippen molar-refractivity contribution in [3.63, 3.8) is 0 Å². The molecule has 0 unspecified atom stereocenters. The lowest BCUT2D eigenvalue weighted by atomic mass is 10.5. The van der Waals surface area contributed by atoms with Crippen molar-refractivity contribution in [2.24, 2.45) is 0 Å².